The van der Waals surface area contributed by atoms with E-state index in [2.05, 4.69) is 5.32 Å². The van der Waals surface area contributed by atoms with Gasteiger partial charge in [-0.1, -0.05) is 6.08 Å². The highest BCUT2D eigenvalue weighted by Gasteiger charge is 2.24. The van der Waals surface area contributed by atoms with Crippen molar-refractivity contribution in [3.63, 3.8) is 0 Å². The third kappa shape index (κ3) is 3.35. The third-order valence-electron chi connectivity index (χ3n) is 2.34. The number of furan rings is 1. The fourth-order valence-electron chi connectivity index (χ4n) is 1.28. The molecule has 1 fully saturated rings. The lowest BCUT2D eigenvalue weighted by Gasteiger charge is -1.99. The molecule has 0 aliphatic heterocycles. The van der Waals surface area contributed by atoms with Crippen LogP contribution in [-0.4, -0.2) is 11.9 Å². The number of nitrogens with zero attached hydrogens (tertiary/aromatic N) is 1. The smallest absolute Gasteiger partial charge is 0.262 e. The van der Waals surface area contributed by atoms with Crippen LogP contribution >= 0.6 is 0 Å². The third-order valence-corrected chi connectivity index (χ3v) is 2.34. The van der Waals surface area contributed by atoms with Gasteiger partial charge < -0.3 is 9.73 Å². The minimum atomic E-state index is -0.306. The molecular formula is C13H12N2O2. The SMILES string of the molecule is N#CC(=CC=Cc1ccco1)C(=O)NC1CC1. The molecule has 2 rings (SSSR count). The van der Waals surface area contributed by atoms with Gasteiger partial charge in [0, 0.05) is 6.04 Å². The average molecular weight is 228 g/mol. The first kappa shape index (κ1) is 11.2. The van der Waals surface area contributed by atoms with Crippen LogP contribution in [0.4, 0.5) is 0 Å². The van der Waals surface area contributed by atoms with Gasteiger partial charge in [0.25, 0.3) is 5.91 Å². The molecule has 1 aromatic rings. The first-order chi connectivity index (χ1) is 8.29. The minimum absolute atomic E-state index is 0.111. The summed E-state index contributed by atoms with van der Waals surface area (Å²) >= 11 is 0. The molecule has 1 amide bonds. The van der Waals surface area contributed by atoms with Gasteiger partial charge in [-0.05, 0) is 37.1 Å². The number of nitriles is 1. The number of nitrogens with one attached hydrogen (secondary N) is 1. The van der Waals surface area contributed by atoms with E-state index in [-0.39, 0.29) is 17.5 Å². The van der Waals surface area contributed by atoms with E-state index in [4.69, 9.17) is 9.68 Å². The van der Waals surface area contributed by atoms with Crippen LogP contribution in [-0.2, 0) is 4.79 Å². The predicted molar refractivity (Wildman–Crippen MR) is 62.6 cm³/mol. The largest absolute Gasteiger partial charge is 0.465 e. The van der Waals surface area contributed by atoms with E-state index in [1.807, 2.05) is 6.07 Å². The number of rotatable bonds is 4. The standard InChI is InChI=1S/C13H12N2O2/c14-9-10(13(16)15-11-6-7-11)3-1-4-12-5-2-8-17-12/h1-5,8,11H,6-7H2,(H,15,16). The van der Waals surface area contributed by atoms with E-state index < -0.39 is 0 Å². The van der Waals surface area contributed by atoms with Gasteiger partial charge in [-0.15, -0.1) is 0 Å². The number of amides is 1. The Morgan fingerprint density at radius 2 is 2.41 bits per heavy atom. The number of hydrogen-bond donors (Lipinski definition) is 1. The van der Waals surface area contributed by atoms with E-state index in [9.17, 15) is 4.79 Å². The van der Waals surface area contributed by atoms with Crippen molar-refractivity contribution >= 4 is 12.0 Å². The first-order valence-electron chi connectivity index (χ1n) is 5.42. The van der Waals surface area contributed by atoms with Crippen LogP contribution in [0.2, 0.25) is 0 Å². The summed E-state index contributed by atoms with van der Waals surface area (Å²) in [7, 11) is 0. The summed E-state index contributed by atoms with van der Waals surface area (Å²) in [6.45, 7) is 0. The maximum absolute atomic E-state index is 11.6. The molecule has 0 atom stereocenters. The van der Waals surface area contributed by atoms with Crippen molar-refractivity contribution in [2.24, 2.45) is 0 Å². The van der Waals surface area contributed by atoms with Crippen LogP contribution < -0.4 is 5.32 Å². The second-order valence-electron chi connectivity index (χ2n) is 3.81. The lowest BCUT2D eigenvalue weighted by Crippen LogP contribution is -2.26. The van der Waals surface area contributed by atoms with Gasteiger partial charge in [0.15, 0.2) is 0 Å². The molecule has 0 aromatic carbocycles. The monoisotopic (exact) mass is 228 g/mol. The fourth-order valence-corrected chi connectivity index (χ4v) is 1.28. The van der Waals surface area contributed by atoms with Crippen molar-refractivity contribution in [3.8, 4) is 6.07 Å². The summed E-state index contributed by atoms with van der Waals surface area (Å²) < 4.78 is 5.08. The molecule has 17 heavy (non-hydrogen) atoms. The molecule has 86 valence electrons. The molecule has 1 aliphatic rings. The molecule has 0 bridgehead atoms. The van der Waals surface area contributed by atoms with Crippen molar-refractivity contribution < 1.29 is 9.21 Å². The molecule has 4 heteroatoms. The summed E-state index contributed by atoms with van der Waals surface area (Å²) in [5.74, 6) is 0.375. The van der Waals surface area contributed by atoms with Crippen LogP contribution in [0.5, 0.6) is 0 Å². The molecule has 0 saturated heterocycles. The highest BCUT2D eigenvalue weighted by atomic mass is 16.3. The normalized spacial score (nSPS) is 15.8. The predicted octanol–water partition coefficient (Wildman–Crippen LogP) is 2.02. The van der Waals surface area contributed by atoms with Gasteiger partial charge in [0.05, 0.1) is 6.26 Å². The molecule has 4 nitrogen and oxygen atoms in total. The molecule has 1 aromatic heterocycles. The van der Waals surface area contributed by atoms with Crippen molar-refractivity contribution in [3.05, 3.63) is 41.9 Å². The van der Waals surface area contributed by atoms with E-state index in [1.165, 1.54) is 6.08 Å². The molecule has 1 saturated carbocycles. The van der Waals surface area contributed by atoms with E-state index in [0.29, 0.717) is 5.76 Å². The summed E-state index contributed by atoms with van der Waals surface area (Å²) in [5, 5.41) is 11.6. The topological polar surface area (TPSA) is 66.0 Å². The van der Waals surface area contributed by atoms with Crippen molar-refractivity contribution in [1.29, 1.82) is 5.26 Å². The summed E-state index contributed by atoms with van der Waals surface area (Å²) in [6.07, 6.45) is 8.39. The Balaban J connectivity index is 1.97. The number of allylic oxidation sites excluding steroid dienone is 2. The van der Waals surface area contributed by atoms with Gasteiger partial charge in [-0.25, -0.2) is 0 Å². The van der Waals surface area contributed by atoms with Crippen LogP contribution in [0.25, 0.3) is 6.08 Å². The fraction of sp³-hybridized carbons (Fsp3) is 0.231. The average Bonchev–Trinajstić information content (AvgIpc) is 2.98. The van der Waals surface area contributed by atoms with Gasteiger partial charge in [-0.3, -0.25) is 4.79 Å². The van der Waals surface area contributed by atoms with Crippen molar-refractivity contribution in [2.45, 2.75) is 18.9 Å². The highest BCUT2D eigenvalue weighted by Crippen LogP contribution is 2.19. The lowest BCUT2D eigenvalue weighted by molar-refractivity contribution is -0.117. The quantitative estimate of drug-likeness (QED) is 0.487. The molecule has 1 N–H and O–H groups in total. The van der Waals surface area contributed by atoms with Gasteiger partial charge in [-0.2, -0.15) is 5.26 Å². The zero-order chi connectivity index (χ0) is 12.1. The molecule has 1 aliphatic carbocycles. The first-order valence-corrected chi connectivity index (χ1v) is 5.42. The maximum Gasteiger partial charge on any atom is 0.262 e. The Morgan fingerprint density at radius 1 is 1.59 bits per heavy atom. The Bertz CT molecular complexity index is 488. The Labute approximate surface area is 99.2 Å². The summed E-state index contributed by atoms with van der Waals surface area (Å²) in [4.78, 5) is 11.6. The highest BCUT2D eigenvalue weighted by molar-refractivity contribution is 5.97. The second-order valence-corrected chi connectivity index (χ2v) is 3.81. The number of carbonyl (C=O) groups excluding carboxylic acids is 1. The zero-order valence-corrected chi connectivity index (χ0v) is 9.22. The summed E-state index contributed by atoms with van der Waals surface area (Å²) in [6, 6.07) is 5.70. The van der Waals surface area contributed by atoms with Crippen LogP contribution in [0.15, 0.2) is 40.5 Å². The second kappa shape index (κ2) is 5.17. The van der Waals surface area contributed by atoms with E-state index >= 15 is 0 Å². The summed E-state index contributed by atoms with van der Waals surface area (Å²) in [5.41, 5.74) is 0.111. The van der Waals surface area contributed by atoms with Gasteiger partial charge in [0.1, 0.15) is 17.4 Å². The molecule has 0 radical (unpaired) electrons. The lowest BCUT2D eigenvalue weighted by atomic mass is 10.2. The molecule has 0 spiro atoms. The van der Waals surface area contributed by atoms with Gasteiger partial charge >= 0.3 is 0 Å². The van der Waals surface area contributed by atoms with Crippen LogP contribution in [0, 0.1) is 11.3 Å². The van der Waals surface area contributed by atoms with E-state index in [1.54, 1.807) is 30.5 Å². The number of hydrogen-bond acceptors (Lipinski definition) is 3. The Hall–Kier alpha value is -2.28. The molecule has 1 heterocycles. The van der Waals surface area contributed by atoms with Gasteiger partial charge in [0.2, 0.25) is 0 Å². The van der Waals surface area contributed by atoms with Crippen molar-refractivity contribution in [1.82, 2.24) is 5.32 Å². The van der Waals surface area contributed by atoms with E-state index in [0.717, 1.165) is 12.8 Å². The molecule has 0 unspecified atom stereocenters. The van der Waals surface area contributed by atoms with Crippen LogP contribution in [0.1, 0.15) is 18.6 Å². The minimum Gasteiger partial charge on any atom is -0.465 e. The Morgan fingerprint density at radius 3 is 3.00 bits per heavy atom. The number of carbonyl (C=O) groups is 1. The zero-order valence-electron chi connectivity index (χ0n) is 9.22. The maximum atomic E-state index is 11.6. The Kier molecular flexibility index (Phi) is 3.41. The molecular weight excluding hydrogens is 216 g/mol. The van der Waals surface area contributed by atoms with Crippen molar-refractivity contribution in [2.75, 3.05) is 0 Å². The van der Waals surface area contributed by atoms with Crippen LogP contribution in [0.3, 0.4) is 0 Å².